The minimum absolute atomic E-state index is 0.247. The Labute approximate surface area is 121 Å². The maximum atomic E-state index is 13.7. The van der Waals surface area contributed by atoms with E-state index in [4.69, 9.17) is 0 Å². The number of hydrogen-bond acceptors (Lipinski definition) is 2. The van der Waals surface area contributed by atoms with Crippen LogP contribution in [0.4, 0.5) is 4.39 Å². The van der Waals surface area contributed by atoms with Crippen LogP contribution in [0.3, 0.4) is 0 Å². The summed E-state index contributed by atoms with van der Waals surface area (Å²) >= 11 is 0. The summed E-state index contributed by atoms with van der Waals surface area (Å²) in [6.07, 6.45) is 1.69. The highest BCUT2D eigenvalue weighted by Crippen LogP contribution is 2.17. The van der Waals surface area contributed by atoms with E-state index in [0.29, 0.717) is 5.56 Å². The van der Waals surface area contributed by atoms with Gasteiger partial charge in [-0.3, -0.25) is 4.79 Å². The molecule has 1 aliphatic heterocycles. The fourth-order valence-corrected chi connectivity index (χ4v) is 2.17. The lowest BCUT2D eigenvalue weighted by Gasteiger charge is -2.00. The Kier molecular flexibility index (Phi) is 3.36. The summed E-state index contributed by atoms with van der Waals surface area (Å²) in [5.74, 6) is -0.486. The van der Waals surface area contributed by atoms with Crippen molar-refractivity contribution in [1.29, 1.82) is 0 Å². The van der Waals surface area contributed by atoms with Gasteiger partial charge in [0.05, 0.1) is 5.56 Å². The Balaban J connectivity index is 1.98. The third-order valence-corrected chi connectivity index (χ3v) is 3.17. The summed E-state index contributed by atoms with van der Waals surface area (Å²) in [4.78, 5) is 16.1. The number of aliphatic imine (C=N–C) groups is 1. The maximum Gasteiger partial charge on any atom is 0.275 e. The number of hydrogen-bond donors (Lipinski definition) is 1. The first-order valence-electron chi connectivity index (χ1n) is 6.57. The Morgan fingerprint density at radius 1 is 1.14 bits per heavy atom. The molecule has 0 spiro atoms. The molecule has 2 aromatic rings. The molecule has 0 unspecified atom stereocenters. The van der Waals surface area contributed by atoms with E-state index < -0.39 is 5.82 Å². The molecule has 4 heteroatoms. The van der Waals surface area contributed by atoms with Gasteiger partial charge in [0.2, 0.25) is 0 Å². The van der Waals surface area contributed by atoms with E-state index in [0.717, 1.165) is 11.1 Å². The highest BCUT2D eigenvalue weighted by Gasteiger charge is 2.22. The molecule has 1 heterocycles. The van der Waals surface area contributed by atoms with Gasteiger partial charge in [-0.15, -0.1) is 0 Å². The molecule has 21 heavy (non-hydrogen) atoms. The van der Waals surface area contributed by atoms with Gasteiger partial charge in [-0.05, 0) is 30.7 Å². The number of benzene rings is 2. The first kappa shape index (κ1) is 13.2. The summed E-state index contributed by atoms with van der Waals surface area (Å²) in [5, 5.41) is 2.60. The molecule has 2 aromatic carbocycles. The van der Waals surface area contributed by atoms with Crippen LogP contribution < -0.4 is 5.32 Å². The van der Waals surface area contributed by atoms with E-state index in [1.165, 1.54) is 6.07 Å². The number of carbonyl (C=O) groups is 1. The Morgan fingerprint density at radius 3 is 2.71 bits per heavy atom. The Morgan fingerprint density at radius 2 is 1.95 bits per heavy atom. The number of amidine groups is 1. The van der Waals surface area contributed by atoms with Gasteiger partial charge in [0.1, 0.15) is 17.3 Å². The van der Waals surface area contributed by atoms with Crippen LogP contribution in [0.15, 0.2) is 59.2 Å². The lowest BCUT2D eigenvalue weighted by molar-refractivity contribution is -0.115. The molecule has 3 nitrogen and oxygen atoms in total. The summed E-state index contributed by atoms with van der Waals surface area (Å²) < 4.78 is 13.7. The standard InChI is InChI=1S/C17H13FN2O/c1-11-5-4-6-12(9-11)10-15-17(21)20-16(19-15)13-7-2-3-8-14(13)18/h2-10H,1H3,(H,19,20,21)/b15-10+. The van der Waals surface area contributed by atoms with Crippen molar-refractivity contribution in [2.45, 2.75) is 6.92 Å². The smallest absolute Gasteiger partial charge is 0.275 e. The molecule has 104 valence electrons. The predicted molar refractivity (Wildman–Crippen MR) is 80.2 cm³/mol. The first-order chi connectivity index (χ1) is 10.1. The number of carbonyl (C=O) groups excluding carboxylic acids is 1. The van der Waals surface area contributed by atoms with Crippen molar-refractivity contribution in [2.75, 3.05) is 0 Å². The topological polar surface area (TPSA) is 41.5 Å². The largest absolute Gasteiger partial charge is 0.305 e. The Hall–Kier alpha value is -2.75. The second-order valence-corrected chi connectivity index (χ2v) is 4.84. The average Bonchev–Trinajstić information content (AvgIpc) is 2.80. The zero-order valence-electron chi connectivity index (χ0n) is 11.4. The summed E-state index contributed by atoms with van der Waals surface area (Å²) in [6, 6.07) is 14.0. The molecule has 0 aliphatic carbocycles. The Bertz CT molecular complexity index is 778. The number of amides is 1. The second kappa shape index (κ2) is 5.32. The molecule has 0 atom stereocenters. The highest BCUT2D eigenvalue weighted by atomic mass is 19.1. The van der Waals surface area contributed by atoms with Gasteiger partial charge in [0.15, 0.2) is 0 Å². The van der Waals surface area contributed by atoms with Crippen molar-refractivity contribution in [2.24, 2.45) is 4.99 Å². The van der Waals surface area contributed by atoms with Crippen molar-refractivity contribution in [3.63, 3.8) is 0 Å². The molecule has 1 aliphatic rings. The van der Waals surface area contributed by atoms with E-state index in [-0.39, 0.29) is 17.4 Å². The van der Waals surface area contributed by atoms with Crippen molar-refractivity contribution in [3.05, 3.63) is 76.7 Å². The molecule has 0 fully saturated rings. The predicted octanol–water partition coefficient (Wildman–Crippen LogP) is 3.05. The van der Waals surface area contributed by atoms with Crippen molar-refractivity contribution < 1.29 is 9.18 Å². The fraction of sp³-hybridized carbons (Fsp3) is 0.0588. The van der Waals surface area contributed by atoms with E-state index in [2.05, 4.69) is 10.3 Å². The molecule has 3 rings (SSSR count). The third kappa shape index (κ3) is 2.74. The molecule has 0 radical (unpaired) electrons. The minimum atomic E-state index is -0.409. The molecular formula is C17H13FN2O. The number of rotatable bonds is 2. The van der Waals surface area contributed by atoms with Gasteiger partial charge in [0, 0.05) is 0 Å². The molecular weight excluding hydrogens is 267 g/mol. The zero-order chi connectivity index (χ0) is 14.8. The first-order valence-corrected chi connectivity index (χ1v) is 6.57. The second-order valence-electron chi connectivity index (χ2n) is 4.84. The molecule has 0 bridgehead atoms. The van der Waals surface area contributed by atoms with Crippen LogP contribution in [-0.4, -0.2) is 11.7 Å². The molecule has 1 N–H and O–H groups in total. The lowest BCUT2D eigenvalue weighted by atomic mass is 10.1. The van der Waals surface area contributed by atoms with Gasteiger partial charge in [-0.2, -0.15) is 0 Å². The van der Waals surface area contributed by atoms with E-state index in [9.17, 15) is 9.18 Å². The maximum absolute atomic E-state index is 13.7. The third-order valence-electron chi connectivity index (χ3n) is 3.17. The number of halogens is 1. The average molecular weight is 280 g/mol. The molecule has 0 aromatic heterocycles. The monoisotopic (exact) mass is 280 g/mol. The van der Waals surface area contributed by atoms with Crippen LogP contribution in [0.25, 0.3) is 6.08 Å². The number of aryl methyl sites for hydroxylation is 1. The van der Waals surface area contributed by atoms with Crippen LogP contribution in [0.2, 0.25) is 0 Å². The van der Waals surface area contributed by atoms with E-state index in [1.807, 2.05) is 31.2 Å². The number of nitrogens with zero attached hydrogens (tertiary/aromatic N) is 1. The van der Waals surface area contributed by atoms with Gasteiger partial charge in [0.25, 0.3) is 5.91 Å². The molecule has 0 saturated carbocycles. The van der Waals surface area contributed by atoms with Crippen LogP contribution in [0, 0.1) is 12.7 Å². The van der Waals surface area contributed by atoms with Crippen molar-refractivity contribution >= 4 is 17.8 Å². The van der Waals surface area contributed by atoms with Gasteiger partial charge in [-0.1, -0.05) is 42.0 Å². The quantitative estimate of drug-likeness (QED) is 0.844. The van der Waals surface area contributed by atoms with Crippen molar-refractivity contribution in [3.8, 4) is 0 Å². The van der Waals surface area contributed by atoms with Crippen LogP contribution >= 0.6 is 0 Å². The summed E-state index contributed by atoms with van der Waals surface area (Å²) in [7, 11) is 0. The van der Waals surface area contributed by atoms with Gasteiger partial charge < -0.3 is 5.32 Å². The summed E-state index contributed by atoms with van der Waals surface area (Å²) in [5.41, 5.74) is 2.55. The van der Waals surface area contributed by atoms with Crippen LogP contribution in [0.1, 0.15) is 16.7 Å². The summed E-state index contributed by atoms with van der Waals surface area (Å²) in [6.45, 7) is 1.98. The van der Waals surface area contributed by atoms with E-state index in [1.54, 1.807) is 24.3 Å². The van der Waals surface area contributed by atoms with Gasteiger partial charge >= 0.3 is 0 Å². The highest BCUT2D eigenvalue weighted by molar-refractivity contribution is 6.19. The molecule has 0 saturated heterocycles. The fourth-order valence-electron chi connectivity index (χ4n) is 2.17. The number of nitrogens with one attached hydrogen (secondary N) is 1. The molecule has 1 amide bonds. The minimum Gasteiger partial charge on any atom is -0.305 e. The van der Waals surface area contributed by atoms with Crippen LogP contribution in [-0.2, 0) is 4.79 Å². The van der Waals surface area contributed by atoms with Crippen LogP contribution in [0.5, 0.6) is 0 Å². The van der Waals surface area contributed by atoms with E-state index >= 15 is 0 Å². The SMILES string of the molecule is Cc1cccc(/C=C2/N=C(c3ccccc3F)NC2=O)c1. The zero-order valence-corrected chi connectivity index (χ0v) is 11.4. The normalized spacial score (nSPS) is 16.0. The lowest BCUT2D eigenvalue weighted by Crippen LogP contribution is -2.25. The van der Waals surface area contributed by atoms with Crippen molar-refractivity contribution in [1.82, 2.24) is 5.32 Å². The van der Waals surface area contributed by atoms with Gasteiger partial charge in [-0.25, -0.2) is 9.38 Å².